The normalized spacial score (nSPS) is 65.5. The highest BCUT2D eigenvalue weighted by Crippen LogP contribution is 2.74. The number of hydrogen-bond donors (Lipinski definition) is 0. The van der Waals surface area contributed by atoms with Gasteiger partial charge in [-0.15, -0.1) is 0 Å². The number of Topliss-reactive ketones (excluding diaryl/α,β-unsaturated/α-hetero) is 1. The minimum atomic E-state index is 0.129. The Labute approximate surface area is 135 Å². The van der Waals surface area contributed by atoms with Crippen LogP contribution in [0.5, 0.6) is 0 Å². The Morgan fingerprint density at radius 1 is 0.727 bits per heavy atom. The molecule has 10 atom stereocenters. The summed E-state index contributed by atoms with van der Waals surface area (Å²) in [7, 11) is 0. The van der Waals surface area contributed by atoms with E-state index in [0.717, 1.165) is 53.1 Å². The number of carbonyl (C=O) groups is 1. The fourth-order valence-electron chi connectivity index (χ4n) is 8.60. The molecule has 22 heavy (non-hydrogen) atoms. The molecule has 0 N–H and O–H groups in total. The lowest BCUT2D eigenvalue weighted by atomic mass is 9.59. The second-order valence-electron chi connectivity index (χ2n) is 10.2. The number of hydrogen-bond acceptors (Lipinski definition) is 1. The van der Waals surface area contributed by atoms with Crippen LogP contribution in [0, 0.1) is 58.2 Å². The molecule has 2 spiro atoms. The maximum absolute atomic E-state index is 13.8. The summed E-state index contributed by atoms with van der Waals surface area (Å²) in [6.45, 7) is 9.78. The van der Waals surface area contributed by atoms with Crippen LogP contribution in [0.2, 0.25) is 0 Å². The first kappa shape index (κ1) is 14.1. The summed E-state index contributed by atoms with van der Waals surface area (Å²) >= 11 is 0. The van der Waals surface area contributed by atoms with Crippen molar-refractivity contribution in [2.24, 2.45) is 58.2 Å². The fourth-order valence-corrected chi connectivity index (χ4v) is 8.60. The molecule has 5 aliphatic carbocycles. The van der Waals surface area contributed by atoms with E-state index in [2.05, 4.69) is 27.7 Å². The number of carbonyl (C=O) groups excluding carboxylic acids is 1. The van der Waals surface area contributed by atoms with E-state index in [-0.39, 0.29) is 10.8 Å². The minimum Gasteiger partial charge on any atom is -0.298 e. The lowest BCUT2D eigenvalue weighted by Gasteiger charge is -2.44. The van der Waals surface area contributed by atoms with Crippen LogP contribution >= 0.6 is 0 Å². The molecule has 5 rings (SSSR count). The number of ketones is 1. The van der Waals surface area contributed by atoms with E-state index in [1.807, 2.05) is 0 Å². The van der Waals surface area contributed by atoms with E-state index >= 15 is 0 Å². The summed E-state index contributed by atoms with van der Waals surface area (Å²) in [4.78, 5) is 13.8. The lowest BCUT2D eigenvalue weighted by molar-refractivity contribution is -0.142. The van der Waals surface area contributed by atoms with E-state index in [1.165, 1.54) is 38.5 Å². The molecule has 0 heterocycles. The van der Waals surface area contributed by atoms with Gasteiger partial charge in [-0.2, -0.15) is 0 Å². The monoisotopic (exact) mass is 300 g/mol. The van der Waals surface area contributed by atoms with Crippen molar-refractivity contribution in [1.29, 1.82) is 0 Å². The van der Waals surface area contributed by atoms with Crippen molar-refractivity contribution in [2.45, 2.75) is 66.2 Å². The Bertz CT molecular complexity index is 488. The van der Waals surface area contributed by atoms with Crippen molar-refractivity contribution < 1.29 is 4.79 Å². The zero-order valence-electron chi connectivity index (χ0n) is 14.8. The first-order valence-electron chi connectivity index (χ1n) is 9.95. The molecule has 0 radical (unpaired) electrons. The van der Waals surface area contributed by atoms with Gasteiger partial charge in [0.15, 0.2) is 0 Å². The van der Waals surface area contributed by atoms with Gasteiger partial charge in [-0.25, -0.2) is 0 Å². The predicted molar refractivity (Wildman–Crippen MR) is 88.2 cm³/mol. The number of fused-ring (bicyclic) bond motifs is 6. The Hall–Kier alpha value is -0.330. The molecule has 0 aliphatic heterocycles. The SMILES string of the molecule is CC1C2CC(C1C)C1(CCC3(C[C@@H]4CC3C(C)C4C)C1=O)C2. The highest BCUT2D eigenvalue weighted by atomic mass is 16.1. The highest BCUT2D eigenvalue weighted by Gasteiger charge is 2.71. The first-order chi connectivity index (χ1) is 10.4. The van der Waals surface area contributed by atoms with Gasteiger partial charge in [0.1, 0.15) is 5.78 Å². The standard InChI is InChI=1S/C21H32O/c1-11-13(3)17-7-15(11)9-20(17)5-6-21(19(20)22)10-16-8-18(21)14(4)12(16)2/h11-18H,5-10H2,1-4H3/t11?,12?,13?,14?,15-,16?,17?,18?,20?,21?/m0/s1. The van der Waals surface area contributed by atoms with Crippen molar-refractivity contribution in [2.75, 3.05) is 0 Å². The molecular weight excluding hydrogens is 268 g/mol. The van der Waals surface area contributed by atoms with Gasteiger partial charge in [-0.3, -0.25) is 4.79 Å². The van der Waals surface area contributed by atoms with Crippen molar-refractivity contribution in [3.8, 4) is 0 Å². The van der Waals surface area contributed by atoms with E-state index in [0.29, 0.717) is 0 Å². The van der Waals surface area contributed by atoms with Crippen molar-refractivity contribution in [1.82, 2.24) is 0 Å². The van der Waals surface area contributed by atoms with Crippen LogP contribution in [0.15, 0.2) is 0 Å². The van der Waals surface area contributed by atoms with Crippen molar-refractivity contribution in [3.05, 3.63) is 0 Å². The van der Waals surface area contributed by atoms with Gasteiger partial charge in [0, 0.05) is 10.8 Å². The van der Waals surface area contributed by atoms with Crippen LogP contribution in [-0.2, 0) is 4.79 Å². The quantitative estimate of drug-likeness (QED) is 0.619. The zero-order valence-corrected chi connectivity index (χ0v) is 14.8. The van der Waals surface area contributed by atoms with Gasteiger partial charge in [0.2, 0.25) is 0 Å². The molecule has 122 valence electrons. The van der Waals surface area contributed by atoms with E-state index in [1.54, 1.807) is 0 Å². The Morgan fingerprint density at radius 3 is 1.45 bits per heavy atom. The molecule has 5 aliphatic rings. The molecule has 0 aromatic carbocycles. The summed E-state index contributed by atoms with van der Waals surface area (Å²) in [5, 5.41) is 0. The summed E-state index contributed by atoms with van der Waals surface area (Å²) in [6, 6.07) is 0. The highest BCUT2D eigenvalue weighted by molar-refractivity contribution is 5.94. The third kappa shape index (κ3) is 1.30. The molecule has 4 bridgehead atoms. The van der Waals surface area contributed by atoms with Gasteiger partial charge in [-0.1, -0.05) is 27.7 Å². The lowest BCUT2D eigenvalue weighted by Crippen LogP contribution is -2.46. The summed E-state index contributed by atoms with van der Waals surface area (Å²) < 4.78 is 0. The summed E-state index contributed by atoms with van der Waals surface area (Å²) in [6.07, 6.45) is 7.73. The van der Waals surface area contributed by atoms with Crippen LogP contribution in [0.1, 0.15) is 66.2 Å². The van der Waals surface area contributed by atoms with Crippen molar-refractivity contribution in [3.63, 3.8) is 0 Å². The van der Waals surface area contributed by atoms with Crippen LogP contribution in [0.4, 0.5) is 0 Å². The van der Waals surface area contributed by atoms with Crippen LogP contribution in [0.25, 0.3) is 0 Å². The molecule has 0 aromatic rings. The van der Waals surface area contributed by atoms with Crippen LogP contribution in [-0.4, -0.2) is 5.78 Å². The van der Waals surface area contributed by atoms with Crippen LogP contribution in [0.3, 0.4) is 0 Å². The molecule has 0 amide bonds. The largest absolute Gasteiger partial charge is 0.298 e. The van der Waals surface area contributed by atoms with Gasteiger partial charge in [0.25, 0.3) is 0 Å². The molecular formula is C21H32O. The van der Waals surface area contributed by atoms with E-state index in [4.69, 9.17) is 0 Å². The summed E-state index contributed by atoms with van der Waals surface area (Å²) in [5.74, 6) is 7.23. The molecule has 1 heteroatoms. The predicted octanol–water partition coefficient (Wildman–Crippen LogP) is 4.95. The first-order valence-corrected chi connectivity index (χ1v) is 9.95. The minimum absolute atomic E-state index is 0.129. The Morgan fingerprint density at radius 2 is 1.14 bits per heavy atom. The van der Waals surface area contributed by atoms with Crippen LogP contribution < -0.4 is 0 Å². The molecule has 1 nitrogen and oxygen atoms in total. The third-order valence-electron chi connectivity index (χ3n) is 10.1. The second-order valence-corrected chi connectivity index (χ2v) is 10.2. The van der Waals surface area contributed by atoms with Crippen molar-refractivity contribution >= 4 is 5.78 Å². The third-order valence-corrected chi connectivity index (χ3v) is 10.1. The average Bonchev–Trinajstić information content (AvgIpc) is 3.25. The molecule has 9 unspecified atom stereocenters. The molecule has 5 saturated carbocycles. The van der Waals surface area contributed by atoms with Gasteiger partial charge < -0.3 is 0 Å². The fraction of sp³-hybridized carbons (Fsp3) is 0.952. The van der Waals surface area contributed by atoms with E-state index in [9.17, 15) is 4.79 Å². The maximum Gasteiger partial charge on any atom is 0.145 e. The smallest absolute Gasteiger partial charge is 0.145 e. The zero-order chi connectivity index (χ0) is 15.4. The second kappa shape index (κ2) is 4.01. The average molecular weight is 300 g/mol. The number of rotatable bonds is 0. The van der Waals surface area contributed by atoms with Gasteiger partial charge in [-0.05, 0) is 85.9 Å². The van der Waals surface area contributed by atoms with Gasteiger partial charge >= 0.3 is 0 Å². The molecule has 5 fully saturated rings. The van der Waals surface area contributed by atoms with Gasteiger partial charge in [0.05, 0.1) is 0 Å². The maximum atomic E-state index is 13.8. The topological polar surface area (TPSA) is 17.1 Å². The molecule has 0 saturated heterocycles. The summed E-state index contributed by atoms with van der Waals surface area (Å²) in [5.41, 5.74) is 0.258. The Kier molecular flexibility index (Phi) is 2.56. The van der Waals surface area contributed by atoms with E-state index < -0.39 is 0 Å². The Balaban J connectivity index is 1.51. The molecule has 0 aromatic heterocycles.